The van der Waals surface area contributed by atoms with Gasteiger partial charge in [-0.15, -0.1) is 0 Å². The van der Waals surface area contributed by atoms with Gasteiger partial charge in [0.05, 0.1) is 12.2 Å². The largest absolute Gasteiger partial charge is 0.493 e. The topological polar surface area (TPSA) is 29.5 Å². The van der Waals surface area contributed by atoms with Crippen molar-refractivity contribution in [3.05, 3.63) is 62.0 Å². The summed E-state index contributed by atoms with van der Waals surface area (Å²) in [4.78, 5) is 0. The van der Waals surface area contributed by atoms with Crippen LogP contribution < -0.4 is 4.74 Å². The van der Waals surface area contributed by atoms with Gasteiger partial charge >= 0.3 is 0 Å². The average molecular weight is 412 g/mol. The molecule has 21 heavy (non-hydrogen) atoms. The van der Waals surface area contributed by atoms with Crippen LogP contribution >= 0.6 is 31.9 Å². The summed E-state index contributed by atoms with van der Waals surface area (Å²) < 4.78 is 7.79. The predicted octanol–water partition coefficient (Wildman–Crippen LogP) is 4.60. The maximum Gasteiger partial charge on any atom is 0.126 e. The molecule has 0 spiro atoms. The molecule has 0 saturated carbocycles. The number of hydrogen-bond donors (Lipinski definition) is 1. The van der Waals surface area contributed by atoms with Crippen molar-refractivity contribution in [2.75, 3.05) is 6.61 Å². The van der Waals surface area contributed by atoms with E-state index in [1.165, 1.54) is 5.56 Å². The van der Waals surface area contributed by atoms with Crippen molar-refractivity contribution < 1.29 is 9.84 Å². The third-order valence-corrected chi connectivity index (χ3v) is 4.81. The highest BCUT2D eigenvalue weighted by Gasteiger charge is 2.27. The van der Waals surface area contributed by atoms with Crippen molar-refractivity contribution in [2.45, 2.75) is 25.4 Å². The zero-order chi connectivity index (χ0) is 15.0. The summed E-state index contributed by atoms with van der Waals surface area (Å²) >= 11 is 6.97. The number of hydrogen-bond acceptors (Lipinski definition) is 2. The van der Waals surface area contributed by atoms with E-state index in [4.69, 9.17) is 4.74 Å². The second-order valence-electron chi connectivity index (χ2n) is 5.61. The first-order valence-electron chi connectivity index (χ1n) is 6.88. The molecule has 2 nitrogen and oxygen atoms in total. The quantitative estimate of drug-likeness (QED) is 0.799. The molecule has 0 fully saturated rings. The van der Waals surface area contributed by atoms with Gasteiger partial charge in [-0.05, 0) is 47.9 Å². The maximum absolute atomic E-state index is 10.9. The molecule has 0 aliphatic carbocycles. The van der Waals surface area contributed by atoms with Crippen molar-refractivity contribution in [1.82, 2.24) is 0 Å². The Kier molecular flexibility index (Phi) is 4.12. The highest BCUT2D eigenvalue weighted by molar-refractivity contribution is 9.10. The van der Waals surface area contributed by atoms with Gasteiger partial charge in [0.25, 0.3) is 0 Å². The molecule has 1 unspecified atom stereocenters. The van der Waals surface area contributed by atoms with E-state index in [2.05, 4.69) is 37.9 Å². The van der Waals surface area contributed by atoms with Crippen molar-refractivity contribution in [1.29, 1.82) is 0 Å². The molecule has 1 heterocycles. The zero-order valence-corrected chi connectivity index (χ0v) is 14.9. The van der Waals surface area contributed by atoms with Crippen LogP contribution in [0.4, 0.5) is 0 Å². The Balaban J connectivity index is 1.94. The van der Waals surface area contributed by atoms with Gasteiger partial charge in [-0.1, -0.05) is 44.0 Å². The van der Waals surface area contributed by atoms with E-state index in [0.29, 0.717) is 6.42 Å². The molecule has 3 rings (SSSR count). The number of benzene rings is 2. The Hall–Kier alpha value is -0.840. The molecule has 2 aromatic rings. The highest BCUT2D eigenvalue weighted by Crippen LogP contribution is 2.37. The normalized spacial score (nSPS) is 16.2. The van der Waals surface area contributed by atoms with E-state index < -0.39 is 5.60 Å². The summed E-state index contributed by atoms with van der Waals surface area (Å²) in [6, 6.07) is 11.9. The van der Waals surface area contributed by atoms with Gasteiger partial charge in [0.1, 0.15) is 5.75 Å². The third-order valence-electron chi connectivity index (χ3n) is 3.83. The maximum atomic E-state index is 10.9. The third kappa shape index (κ3) is 3.17. The van der Waals surface area contributed by atoms with Gasteiger partial charge in [0.2, 0.25) is 0 Å². The lowest BCUT2D eigenvalue weighted by molar-refractivity contribution is 0.0569. The smallest absolute Gasteiger partial charge is 0.126 e. The first-order chi connectivity index (χ1) is 9.95. The fourth-order valence-corrected chi connectivity index (χ4v) is 3.58. The molecule has 1 atom stereocenters. The van der Waals surface area contributed by atoms with Gasteiger partial charge < -0.3 is 9.84 Å². The monoisotopic (exact) mass is 410 g/mol. The van der Waals surface area contributed by atoms with Crippen LogP contribution in [-0.2, 0) is 18.4 Å². The van der Waals surface area contributed by atoms with Crippen molar-refractivity contribution in [2.24, 2.45) is 0 Å². The van der Waals surface area contributed by atoms with E-state index >= 15 is 0 Å². The van der Waals surface area contributed by atoms with Crippen LogP contribution in [0.15, 0.2) is 45.3 Å². The zero-order valence-electron chi connectivity index (χ0n) is 11.7. The van der Waals surface area contributed by atoms with Crippen LogP contribution in [0.5, 0.6) is 5.75 Å². The van der Waals surface area contributed by atoms with E-state index in [0.717, 1.165) is 38.8 Å². The summed E-state index contributed by atoms with van der Waals surface area (Å²) in [5.74, 6) is 0.940. The summed E-state index contributed by atoms with van der Waals surface area (Å²) in [6.45, 7) is 2.57. The lowest BCUT2D eigenvalue weighted by atomic mass is 9.88. The number of fused-ring (bicyclic) bond motifs is 1. The van der Waals surface area contributed by atoms with Crippen molar-refractivity contribution in [3.63, 3.8) is 0 Å². The molecular formula is C17H16Br2O2. The van der Waals surface area contributed by atoms with Crippen LogP contribution in [-0.4, -0.2) is 11.7 Å². The Morgan fingerprint density at radius 3 is 2.57 bits per heavy atom. The van der Waals surface area contributed by atoms with Crippen molar-refractivity contribution in [3.8, 4) is 5.75 Å². The van der Waals surface area contributed by atoms with E-state index in [1.807, 2.05) is 37.3 Å². The van der Waals surface area contributed by atoms with E-state index in [1.54, 1.807) is 0 Å². The summed E-state index contributed by atoms with van der Waals surface area (Å²) in [6.07, 6.45) is 1.46. The summed E-state index contributed by atoms with van der Waals surface area (Å²) in [5, 5.41) is 10.9. The van der Waals surface area contributed by atoms with Crippen molar-refractivity contribution >= 4 is 31.9 Å². The van der Waals surface area contributed by atoms with Crippen LogP contribution in [0.2, 0.25) is 0 Å². The number of rotatable bonds is 3. The fourth-order valence-electron chi connectivity index (χ4n) is 2.76. The van der Waals surface area contributed by atoms with E-state index in [9.17, 15) is 5.11 Å². The second kappa shape index (κ2) is 5.75. The average Bonchev–Trinajstić information content (AvgIpc) is 2.87. The van der Waals surface area contributed by atoms with Crippen LogP contribution in [0.3, 0.4) is 0 Å². The molecule has 0 aromatic heterocycles. The standard InChI is InChI=1S/C17H16Br2O2/c1-17(20,13-2-4-14(18)5-3-13)10-12-9-15(19)8-11-6-7-21-16(11)12/h2-5,8-9,20H,6-7,10H2,1H3. The van der Waals surface area contributed by atoms with Crippen LogP contribution in [0.1, 0.15) is 23.6 Å². The molecule has 0 saturated heterocycles. The van der Waals surface area contributed by atoms with Gasteiger partial charge in [0.15, 0.2) is 0 Å². The van der Waals surface area contributed by atoms with Gasteiger partial charge in [-0.2, -0.15) is 0 Å². The number of ether oxygens (including phenoxy) is 1. The van der Waals surface area contributed by atoms with Gasteiger partial charge in [0, 0.05) is 21.8 Å². The molecule has 1 N–H and O–H groups in total. The van der Waals surface area contributed by atoms with Gasteiger partial charge in [-0.3, -0.25) is 0 Å². The lowest BCUT2D eigenvalue weighted by Gasteiger charge is -2.25. The SMILES string of the molecule is CC(O)(Cc1cc(Br)cc2c1OCC2)c1ccc(Br)cc1. The molecule has 1 aliphatic rings. The van der Waals surface area contributed by atoms with Gasteiger partial charge in [-0.25, -0.2) is 0 Å². The Labute approximate surface area is 141 Å². The van der Waals surface area contributed by atoms with Crippen LogP contribution in [0.25, 0.3) is 0 Å². The molecule has 110 valence electrons. The summed E-state index contributed by atoms with van der Waals surface area (Å²) in [7, 11) is 0. The Morgan fingerprint density at radius 1 is 1.14 bits per heavy atom. The predicted molar refractivity (Wildman–Crippen MR) is 90.8 cm³/mol. The van der Waals surface area contributed by atoms with Crippen LogP contribution in [0, 0.1) is 0 Å². The first kappa shape index (κ1) is 15.1. The fraction of sp³-hybridized carbons (Fsp3) is 0.294. The molecular weight excluding hydrogens is 396 g/mol. The minimum absolute atomic E-state index is 0.524. The molecule has 1 aliphatic heterocycles. The Morgan fingerprint density at radius 2 is 1.86 bits per heavy atom. The lowest BCUT2D eigenvalue weighted by Crippen LogP contribution is -2.24. The number of aliphatic hydroxyl groups is 1. The minimum atomic E-state index is -0.929. The second-order valence-corrected chi connectivity index (χ2v) is 7.44. The Bertz CT molecular complexity index is 663. The summed E-state index contributed by atoms with van der Waals surface area (Å²) in [5.41, 5.74) is 2.23. The molecule has 2 aromatic carbocycles. The molecule has 0 amide bonds. The molecule has 0 radical (unpaired) electrons. The first-order valence-corrected chi connectivity index (χ1v) is 8.47. The molecule has 0 bridgehead atoms. The molecule has 4 heteroatoms. The number of halogens is 2. The highest BCUT2D eigenvalue weighted by atomic mass is 79.9. The minimum Gasteiger partial charge on any atom is -0.493 e. The van der Waals surface area contributed by atoms with E-state index in [-0.39, 0.29) is 0 Å².